The molecule has 2 aliphatic rings. The van der Waals surface area contributed by atoms with Crippen LogP contribution in [0.25, 0.3) is 22.8 Å². The molecular formula is C18H16N4O3. The lowest BCUT2D eigenvalue weighted by Gasteiger charge is -2.19. The third kappa shape index (κ3) is 2.35. The SMILES string of the molecule is Cc1ncc2c(c1-c1noc(-c3ccc4c(c3)OCO4)n1)CCNC2. The highest BCUT2D eigenvalue weighted by molar-refractivity contribution is 5.68. The zero-order valence-electron chi connectivity index (χ0n) is 13.7. The first-order chi connectivity index (χ1) is 12.3. The van der Waals surface area contributed by atoms with Crippen LogP contribution in [-0.2, 0) is 13.0 Å². The lowest BCUT2D eigenvalue weighted by atomic mass is 9.95. The summed E-state index contributed by atoms with van der Waals surface area (Å²) in [5.74, 6) is 2.46. The molecule has 7 nitrogen and oxygen atoms in total. The van der Waals surface area contributed by atoms with Crippen LogP contribution in [0.3, 0.4) is 0 Å². The normalized spacial score (nSPS) is 15.2. The van der Waals surface area contributed by atoms with Crippen molar-refractivity contribution in [1.82, 2.24) is 20.4 Å². The van der Waals surface area contributed by atoms with E-state index in [2.05, 4.69) is 20.4 Å². The van der Waals surface area contributed by atoms with E-state index in [9.17, 15) is 0 Å². The molecule has 2 aliphatic heterocycles. The second kappa shape index (κ2) is 5.56. The highest BCUT2D eigenvalue weighted by Crippen LogP contribution is 2.36. The average Bonchev–Trinajstić information content (AvgIpc) is 3.30. The van der Waals surface area contributed by atoms with Gasteiger partial charge in [0.05, 0.1) is 0 Å². The van der Waals surface area contributed by atoms with E-state index in [0.717, 1.165) is 42.1 Å². The molecule has 4 heterocycles. The van der Waals surface area contributed by atoms with Gasteiger partial charge in [0.2, 0.25) is 12.6 Å². The lowest BCUT2D eigenvalue weighted by molar-refractivity contribution is 0.174. The maximum atomic E-state index is 5.51. The number of ether oxygens (including phenoxy) is 2. The molecule has 1 N–H and O–H groups in total. The Morgan fingerprint density at radius 2 is 2.08 bits per heavy atom. The van der Waals surface area contributed by atoms with Gasteiger partial charge in [-0.2, -0.15) is 4.98 Å². The number of aryl methyl sites for hydroxylation is 1. The Balaban J connectivity index is 1.57. The Labute approximate surface area is 144 Å². The van der Waals surface area contributed by atoms with Crippen molar-refractivity contribution in [3.05, 3.63) is 41.2 Å². The van der Waals surface area contributed by atoms with Crippen LogP contribution >= 0.6 is 0 Å². The van der Waals surface area contributed by atoms with Gasteiger partial charge in [-0.25, -0.2) is 0 Å². The van der Waals surface area contributed by atoms with Crippen LogP contribution in [0.4, 0.5) is 0 Å². The number of aromatic nitrogens is 3. The molecule has 0 spiro atoms. The molecular weight excluding hydrogens is 320 g/mol. The predicted octanol–water partition coefficient (Wildman–Crippen LogP) is 2.48. The van der Waals surface area contributed by atoms with Gasteiger partial charge >= 0.3 is 0 Å². The molecule has 126 valence electrons. The molecule has 3 aromatic rings. The Kier molecular flexibility index (Phi) is 3.21. The van der Waals surface area contributed by atoms with Gasteiger partial charge in [-0.05, 0) is 49.2 Å². The predicted molar refractivity (Wildman–Crippen MR) is 89.2 cm³/mol. The molecule has 1 aromatic carbocycles. The van der Waals surface area contributed by atoms with E-state index >= 15 is 0 Å². The topological polar surface area (TPSA) is 82.3 Å². The number of nitrogens with one attached hydrogen (secondary N) is 1. The van der Waals surface area contributed by atoms with Crippen LogP contribution in [0.5, 0.6) is 11.5 Å². The standard InChI is InChI=1S/C18H16N4O3/c1-10-16(13-4-5-19-7-12(13)8-20-10)17-21-18(25-22-17)11-2-3-14-15(6-11)24-9-23-14/h2-3,6,8,19H,4-5,7,9H2,1H3. The molecule has 0 atom stereocenters. The Morgan fingerprint density at radius 1 is 1.16 bits per heavy atom. The smallest absolute Gasteiger partial charge is 0.258 e. The molecule has 0 unspecified atom stereocenters. The third-order valence-electron chi connectivity index (χ3n) is 4.60. The molecule has 0 fully saturated rings. The fraction of sp³-hybridized carbons (Fsp3) is 0.278. The molecule has 0 saturated carbocycles. The van der Waals surface area contributed by atoms with E-state index in [0.29, 0.717) is 17.5 Å². The first kappa shape index (κ1) is 14.4. The Hall–Kier alpha value is -2.93. The number of hydrogen-bond acceptors (Lipinski definition) is 7. The summed E-state index contributed by atoms with van der Waals surface area (Å²) in [5.41, 5.74) is 5.15. The van der Waals surface area contributed by atoms with E-state index in [1.54, 1.807) is 0 Å². The minimum Gasteiger partial charge on any atom is -0.454 e. The fourth-order valence-electron chi connectivity index (χ4n) is 3.34. The van der Waals surface area contributed by atoms with Crippen molar-refractivity contribution in [2.75, 3.05) is 13.3 Å². The zero-order valence-corrected chi connectivity index (χ0v) is 13.7. The summed E-state index contributed by atoms with van der Waals surface area (Å²) in [6.45, 7) is 3.98. The monoisotopic (exact) mass is 336 g/mol. The second-order valence-electron chi connectivity index (χ2n) is 6.14. The third-order valence-corrected chi connectivity index (χ3v) is 4.60. The van der Waals surface area contributed by atoms with Gasteiger partial charge in [0.1, 0.15) is 0 Å². The lowest BCUT2D eigenvalue weighted by Crippen LogP contribution is -2.24. The van der Waals surface area contributed by atoms with Crippen molar-refractivity contribution in [3.63, 3.8) is 0 Å². The summed E-state index contributed by atoms with van der Waals surface area (Å²) in [4.78, 5) is 9.11. The molecule has 0 saturated heterocycles. The van der Waals surface area contributed by atoms with Crippen LogP contribution in [0.2, 0.25) is 0 Å². The van der Waals surface area contributed by atoms with Gasteiger partial charge in [0.25, 0.3) is 5.89 Å². The van der Waals surface area contributed by atoms with Crippen LogP contribution in [0.15, 0.2) is 28.9 Å². The zero-order chi connectivity index (χ0) is 16.8. The maximum absolute atomic E-state index is 5.51. The fourth-order valence-corrected chi connectivity index (χ4v) is 3.34. The van der Waals surface area contributed by atoms with Crippen molar-refractivity contribution < 1.29 is 14.0 Å². The molecule has 2 aromatic heterocycles. The summed E-state index contributed by atoms with van der Waals surface area (Å²) < 4.78 is 16.3. The summed E-state index contributed by atoms with van der Waals surface area (Å²) >= 11 is 0. The van der Waals surface area contributed by atoms with Crippen molar-refractivity contribution in [3.8, 4) is 34.3 Å². The quantitative estimate of drug-likeness (QED) is 0.770. The number of benzene rings is 1. The molecule has 0 aliphatic carbocycles. The second-order valence-corrected chi connectivity index (χ2v) is 6.14. The summed E-state index contributed by atoms with van der Waals surface area (Å²) in [7, 11) is 0. The van der Waals surface area contributed by atoms with Crippen molar-refractivity contribution >= 4 is 0 Å². The summed E-state index contributed by atoms with van der Waals surface area (Å²) in [6.07, 6.45) is 2.86. The van der Waals surface area contributed by atoms with Crippen LogP contribution in [0, 0.1) is 6.92 Å². The van der Waals surface area contributed by atoms with E-state index in [1.165, 1.54) is 11.1 Å². The number of rotatable bonds is 2. The van der Waals surface area contributed by atoms with Crippen LogP contribution < -0.4 is 14.8 Å². The molecule has 7 heteroatoms. The van der Waals surface area contributed by atoms with E-state index in [4.69, 9.17) is 14.0 Å². The number of nitrogens with zero attached hydrogens (tertiary/aromatic N) is 3. The molecule has 25 heavy (non-hydrogen) atoms. The minimum atomic E-state index is 0.239. The number of hydrogen-bond donors (Lipinski definition) is 1. The highest BCUT2D eigenvalue weighted by Gasteiger charge is 2.22. The van der Waals surface area contributed by atoms with E-state index in [-0.39, 0.29) is 6.79 Å². The summed E-state index contributed by atoms with van der Waals surface area (Å²) in [5, 5.41) is 7.57. The number of pyridine rings is 1. The Bertz CT molecular complexity index is 967. The summed E-state index contributed by atoms with van der Waals surface area (Å²) in [6, 6.07) is 5.60. The van der Waals surface area contributed by atoms with Gasteiger partial charge in [0, 0.05) is 29.6 Å². The van der Waals surface area contributed by atoms with Crippen molar-refractivity contribution in [2.24, 2.45) is 0 Å². The van der Waals surface area contributed by atoms with Gasteiger partial charge in [-0.3, -0.25) is 4.98 Å². The highest BCUT2D eigenvalue weighted by atomic mass is 16.7. The largest absolute Gasteiger partial charge is 0.454 e. The van der Waals surface area contributed by atoms with Crippen LogP contribution in [0.1, 0.15) is 16.8 Å². The average molecular weight is 336 g/mol. The molecule has 5 rings (SSSR count). The van der Waals surface area contributed by atoms with Gasteiger partial charge in [0.15, 0.2) is 11.5 Å². The molecule has 0 amide bonds. The van der Waals surface area contributed by atoms with Gasteiger partial charge < -0.3 is 19.3 Å². The first-order valence-corrected chi connectivity index (χ1v) is 8.22. The first-order valence-electron chi connectivity index (χ1n) is 8.22. The van der Waals surface area contributed by atoms with E-state index < -0.39 is 0 Å². The number of fused-ring (bicyclic) bond motifs is 2. The van der Waals surface area contributed by atoms with E-state index in [1.807, 2.05) is 31.3 Å². The van der Waals surface area contributed by atoms with Crippen LogP contribution in [-0.4, -0.2) is 28.5 Å². The van der Waals surface area contributed by atoms with Crippen molar-refractivity contribution in [2.45, 2.75) is 19.9 Å². The Morgan fingerprint density at radius 3 is 3.04 bits per heavy atom. The minimum absolute atomic E-state index is 0.239. The van der Waals surface area contributed by atoms with Crippen molar-refractivity contribution in [1.29, 1.82) is 0 Å². The molecule has 0 bridgehead atoms. The maximum Gasteiger partial charge on any atom is 0.258 e. The molecule has 0 radical (unpaired) electrons. The van der Waals surface area contributed by atoms with Gasteiger partial charge in [-0.15, -0.1) is 0 Å². The van der Waals surface area contributed by atoms with Gasteiger partial charge in [-0.1, -0.05) is 5.16 Å².